The third-order valence-corrected chi connectivity index (χ3v) is 4.82. The number of morpholine rings is 1. The number of nitrogens with one attached hydrogen (secondary N) is 1. The first kappa shape index (κ1) is 19.9. The summed E-state index contributed by atoms with van der Waals surface area (Å²) in [4.78, 5) is 26.8. The molecule has 1 fully saturated rings. The highest BCUT2D eigenvalue weighted by atomic mass is 16.5. The van der Waals surface area contributed by atoms with Gasteiger partial charge in [0, 0.05) is 25.2 Å². The number of amides is 1. The standard InChI is InChI=1S/C22H26N2O4/c1-16-3-5-17(6-4-16)7-10-21(25)23-20-9-8-18(15-19(20)22(26)27-2)24-11-13-28-14-12-24/h3-6,8-9,15H,7,10-14H2,1-2H3,(H,23,25). The maximum Gasteiger partial charge on any atom is 0.340 e. The minimum Gasteiger partial charge on any atom is -0.465 e. The molecular weight excluding hydrogens is 356 g/mol. The van der Waals surface area contributed by atoms with Crippen LogP contribution in [0.4, 0.5) is 11.4 Å². The molecule has 0 spiro atoms. The number of carbonyl (C=O) groups excluding carboxylic acids is 2. The van der Waals surface area contributed by atoms with E-state index >= 15 is 0 Å². The number of ether oxygens (including phenoxy) is 2. The predicted octanol–water partition coefficient (Wildman–Crippen LogP) is 3.19. The van der Waals surface area contributed by atoms with Crippen molar-refractivity contribution >= 4 is 23.3 Å². The molecule has 1 amide bonds. The van der Waals surface area contributed by atoms with Gasteiger partial charge in [-0.15, -0.1) is 0 Å². The highest BCUT2D eigenvalue weighted by Crippen LogP contribution is 2.25. The first-order valence-electron chi connectivity index (χ1n) is 9.47. The number of carbonyl (C=O) groups is 2. The van der Waals surface area contributed by atoms with Crippen molar-refractivity contribution in [2.75, 3.05) is 43.6 Å². The van der Waals surface area contributed by atoms with Gasteiger partial charge < -0.3 is 19.7 Å². The van der Waals surface area contributed by atoms with Gasteiger partial charge in [-0.05, 0) is 37.1 Å². The van der Waals surface area contributed by atoms with Crippen LogP contribution in [0.2, 0.25) is 0 Å². The minimum atomic E-state index is -0.469. The number of rotatable bonds is 6. The Bertz CT molecular complexity index is 827. The SMILES string of the molecule is COC(=O)c1cc(N2CCOCC2)ccc1NC(=O)CCc1ccc(C)cc1. The summed E-state index contributed by atoms with van der Waals surface area (Å²) in [5.41, 5.74) is 4.04. The van der Waals surface area contributed by atoms with Gasteiger partial charge in [0.1, 0.15) is 0 Å². The second-order valence-electron chi connectivity index (χ2n) is 6.85. The monoisotopic (exact) mass is 382 g/mol. The van der Waals surface area contributed by atoms with E-state index in [4.69, 9.17) is 9.47 Å². The van der Waals surface area contributed by atoms with E-state index in [2.05, 4.69) is 10.2 Å². The van der Waals surface area contributed by atoms with Gasteiger partial charge in [0.2, 0.25) is 5.91 Å². The van der Waals surface area contributed by atoms with E-state index in [1.807, 2.05) is 37.3 Å². The summed E-state index contributed by atoms with van der Waals surface area (Å²) in [6.45, 7) is 4.88. The summed E-state index contributed by atoms with van der Waals surface area (Å²) < 4.78 is 10.3. The molecular formula is C22H26N2O4. The summed E-state index contributed by atoms with van der Waals surface area (Å²) in [5, 5.41) is 2.85. The van der Waals surface area contributed by atoms with E-state index in [0.717, 1.165) is 24.3 Å². The number of nitrogens with zero attached hydrogens (tertiary/aromatic N) is 1. The van der Waals surface area contributed by atoms with Crippen molar-refractivity contribution in [1.82, 2.24) is 0 Å². The molecule has 0 saturated carbocycles. The Morgan fingerprint density at radius 3 is 2.50 bits per heavy atom. The molecule has 0 aromatic heterocycles. The number of methoxy groups -OCH3 is 1. The second-order valence-corrected chi connectivity index (χ2v) is 6.85. The third kappa shape index (κ3) is 5.10. The molecule has 6 heteroatoms. The number of hydrogen-bond donors (Lipinski definition) is 1. The lowest BCUT2D eigenvalue weighted by Crippen LogP contribution is -2.36. The zero-order valence-electron chi connectivity index (χ0n) is 16.4. The number of benzene rings is 2. The normalized spacial score (nSPS) is 13.9. The van der Waals surface area contributed by atoms with Crippen LogP contribution < -0.4 is 10.2 Å². The van der Waals surface area contributed by atoms with Crippen LogP contribution in [-0.2, 0) is 20.7 Å². The average Bonchev–Trinajstić information content (AvgIpc) is 2.73. The molecule has 148 valence electrons. The molecule has 3 rings (SSSR count). The number of anilines is 2. The zero-order chi connectivity index (χ0) is 19.9. The van der Waals surface area contributed by atoms with Crippen molar-refractivity contribution in [2.24, 2.45) is 0 Å². The fourth-order valence-electron chi connectivity index (χ4n) is 3.16. The Hall–Kier alpha value is -2.86. The quantitative estimate of drug-likeness (QED) is 0.777. The van der Waals surface area contributed by atoms with E-state index in [1.54, 1.807) is 12.1 Å². The number of esters is 1. The van der Waals surface area contributed by atoms with Crippen molar-refractivity contribution in [1.29, 1.82) is 0 Å². The van der Waals surface area contributed by atoms with E-state index in [1.165, 1.54) is 12.7 Å². The highest BCUT2D eigenvalue weighted by Gasteiger charge is 2.18. The van der Waals surface area contributed by atoms with Gasteiger partial charge in [-0.2, -0.15) is 0 Å². The van der Waals surface area contributed by atoms with Gasteiger partial charge in [-0.25, -0.2) is 4.79 Å². The molecule has 28 heavy (non-hydrogen) atoms. The van der Waals surface area contributed by atoms with E-state index in [9.17, 15) is 9.59 Å². The average molecular weight is 382 g/mol. The number of aryl methyl sites for hydroxylation is 2. The van der Waals surface area contributed by atoms with Gasteiger partial charge >= 0.3 is 5.97 Å². The van der Waals surface area contributed by atoms with E-state index in [0.29, 0.717) is 37.3 Å². The van der Waals surface area contributed by atoms with Crippen LogP contribution in [-0.4, -0.2) is 45.3 Å². The van der Waals surface area contributed by atoms with E-state index < -0.39 is 5.97 Å². The Morgan fingerprint density at radius 1 is 1.11 bits per heavy atom. The molecule has 6 nitrogen and oxygen atoms in total. The molecule has 1 saturated heterocycles. The number of hydrogen-bond acceptors (Lipinski definition) is 5. The lowest BCUT2D eigenvalue weighted by molar-refractivity contribution is -0.116. The fraction of sp³-hybridized carbons (Fsp3) is 0.364. The molecule has 1 N–H and O–H groups in total. The molecule has 1 aliphatic heterocycles. The van der Waals surface area contributed by atoms with Gasteiger partial charge in [-0.1, -0.05) is 29.8 Å². The third-order valence-electron chi connectivity index (χ3n) is 4.82. The first-order valence-corrected chi connectivity index (χ1v) is 9.47. The molecule has 2 aromatic rings. The molecule has 1 aliphatic rings. The maximum atomic E-state index is 12.4. The Kier molecular flexibility index (Phi) is 6.66. The molecule has 0 atom stereocenters. The molecule has 2 aromatic carbocycles. The predicted molar refractivity (Wildman–Crippen MR) is 109 cm³/mol. The molecule has 1 heterocycles. The van der Waals surface area contributed by atoms with Crippen LogP contribution in [0.1, 0.15) is 27.9 Å². The van der Waals surface area contributed by atoms with Crippen LogP contribution in [0.15, 0.2) is 42.5 Å². The van der Waals surface area contributed by atoms with Crippen molar-refractivity contribution in [3.63, 3.8) is 0 Å². The van der Waals surface area contributed by atoms with Gasteiger partial charge in [0.15, 0.2) is 0 Å². The summed E-state index contributed by atoms with van der Waals surface area (Å²) in [5.74, 6) is -0.603. The van der Waals surface area contributed by atoms with Gasteiger partial charge in [-0.3, -0.25) is 4.79 Å². The summed E-state index contributed by atoms with van der Waals surface area (Å²) in [7, 11) is 1.34. The van der Waals surface area contributed by atoms with Crippen LogP contribution in [0, 0.1) is 6.92 Å². The lowest BCUT2D eigenvalue weighted by Gasteiger charge is -2.29. The zero-order valence-corrected chi connectivity index (χ0v) is 16.4. The molecule has 0 unspecified atom stereocenters. The van der Waals surface area contributed by atoms with Crippen molar-refractivity contribution in [2.45, 2.75) is 19.8 Å². The second kappa shape index (κ2) is 9.37. The van der Waals surface area contributed by atoms with E-state index in [-0.39, 0.29) is 5.91 Å². The Labute approximate surface area is 165 Å². The maximum absolute atomic E-state index is 12.4. The minimum absolute atomic E-state index is 0.134. The van der Waals surface area contributed by atoms with Crippen LogP contribution in [0.3, 0.4) is 0 Å². The highest BCUT2D eigenvalue weighted by molar-refractivity contribution is 6.02. The van der Waals surface area contributed by atoms with Crippen molar-refractivity contribution < 1.29 is 19.1 Å². The summed E-state index contributed by atoms with van der Waals surface area (Å²) >= 11 is 0. The smallest absolute Gasteiger partial charge is 0.340 e. The topological polar surface area (TPSA) is 67.9 Å². The summed E-state index contributed by atoms with van der Waals surface area (Å²) in [6.07, 6.45) is 0.987. The van der Waals surface area contributed by atoms with Crippen LogP contribution in [0.25, 0.3) is 0 Å². The molecule has 0 aliphatic carbocycles. The van der Waals surface area contributed by atoms with Gasteiger partial charge in [0.05, 0.1) is 31.6 Å². The van der Waals surface area contributed by atoms with Crippen molar-refractivity contribution in [3.05, 3.63) is 59.2 Å². The Morgan fingerprint density at radius 2 is 1.82 bits per heavy atom. The van der Waals surface area contributed by atoms with Gasteiger partial charge in [0.25, 0.3) is 0 Å². The Balaban J connectivity index is 1.69. The molecule has 0 bridgehead atoms. The fourth-order valence-corrected chi connectivity index (χ4v) is 3.16. The largest absolute Gasteiger partial charge is 0.465 e. The summed E-state index contributed by atoms with van der Waals surface area (Å²) in [6, 6.07) is 13.6. The van der Waals surface area contributed by atoms with Crippen molar-refractivity contribution in [3.8, 4) is 0 Å². The molecule has 0 radical (unpaired) electrons. The lowest BCUT2D eigenvalue weighted by atomic mass is 10.1. The van der Waals surface area contributed by atoms with Crippen LogP contribution in [0.5, 0.6) is 0 Å². The van der Waals surface area contributed by atoms with Crippen LogP contribution >= 0.6 is 0 Å². The first-order chi connectivity index (χ1) is 13.6.